The lowest BCUT2D eigenvalue weighted by atomic mass is 10.1. The highest BCUT2D eigenvalue weighted by Gasteiger charge is 2.03. The van der Waals surface area contributed by atoms with E-state index in [1.807, 2.05) is 25.4 Å². The zero-order chi connectivity index (χ0) is 9.97. The first-order chi connectivity index (χ1) is 6.77. The van der Waals surface area contributed by atoms with Gasteiger partial charge in [0.1, 0.15) is 0 Å². The second-order valence-corrected chi connectivity index (χ2v) is 3.75. The molecular formula is C11H15N3. The van der Waals surface area contributed by atoms with Crippen LogP contribution in [-0.2, 0) is 6.42 Å². The fourth-order valence-corrected chi connectivity index (χ4v) is 1.62. The van der Waals surface area contributed by atoms with Gasteiger partial charge in [0.05, 0.1) is 11.7 Å². The minimum absolute atomic E-state index is 0.266. The summed E-state index contributed by atoms with van der Waals surface area (Å²) < 4.78 is 0. The van der Waals surface area contributed by atoms with Crippen molar-refractivity contribution in [2.75, 3.05) is 0 Å². The maximum absolute atomic E-state index is 5.73. The van der Waals surface area contributed by atoms with Crippen molar-refractivity contribution in [3.8, 4) is 0 Å². The zero-order valence-corrected chi connectivity index (χ0v) is 8.33. The van der Waals surface area contributed by atoms with Gasteiger partial charge in [0.25, 0.3) is 0 Å². The van der Waals surface area contributed by atoms with Crippen molar-refractivity contribution in [2.45, 2.75) is 25.8 Å². The normalized spacial score (nSPS) is 13.3. The molecule has 1 unspecified atom stereocenters. The number of nitrogens with two attached hydrogens (primary N) is 1. The molecule has 3 N–H and O–H groups in total. The molecule has 2 aromatic heterocycles. The van der Waals surface area contributed by atoms with Crippen molar-refractivity contribution in [2.24, 2.45) is 5.73 Å². The Morgan fingerprint density at radius 2 is 2.43 bits per heavy atom. The molecule has 1 atom stereocenters. The smallest absolute Gasteiger partial charge is 0.0643 e. The third-order valence-electron chi connectivity index (χ3n) is 2.44. The molecule has 2 aromatic rings. The molecule has 3 nitrogen and oxygen atoms in total. The molecule has 0 saturated carbocycles. The van der Waals surface area contributed by atoms with Crippen LogP contribution in [0.15, 0.2) is 24.7 Å². The molecule has 2 heterocycles. The molecular weight excluding hydrogens is 174 g/mol. The van der Waals surface area contributed by atoms with Crippen molar-refractivity contribution >= 4 is 10.9 Å². The van der Waals surface area contributed by atoms with Crippen LogP contribution in [0.5, 0.6) is 0 Å². The Morgan fingerprint density at radius 1 is 1.57 bits per heavy atom. The van der Waals surface area contributed by atoms with Gasteiger partial charge in [0.2, 0.25) is 0 Å². The molecule has 0 amide bonds. The average Bonchev–Trinajstić information content (AvgIpc) is 2.58. The van der Waals surface area contributed by atoms with E-state index in [2.05, 4.69) is 16.2 Å². The summed E-state index contributed by atoms with van der Waals surface area (Å²) in [4.78, 5) is 7.27. The number of aromatic amines is 1. The number of rotatable bonds is 3. The lowest BCUT2D eigenvalue weighted by Crippen LogP contribution is -2.15. The largest absolute Gasteiger partial charge is 0.360 e. The van der Waals surface area contributed by atoms with Gasteiger partial charge in [-0.05, 0) is 31.4 Å². The van der Waals surface area contributed by atoms with Crippen molar-refractivity contribution in [1.82, 2.24) is 9.97 Å². The standard InChI is InChI=1S/C11H15N3/c1-8(12)2-3-9-6-14-11-7-13-5-4-10(9)11/h4-8,14H,2-3,12H2,1H3. The number of aromatic nitrogens is 2. The SMILES string of the molecule is CC(N)CCc1c[nH]c2cnccc12. The highest BCUT2D eigenvalue weighted by Crippen LogP contribution is 2.18. The monoisotopic (exact) mass is 189 g/mol. The number of nitrogens with one attached hydrogen (secondary N) is 1. The number of hydrogen-bond donors (Lipinski definition) is 2. The summed E-state index contributed by atoms with van der Waals surface area (Å²) in [6, 6.07) is 2.31. The summed E-state index contributed by atoms with van der Waals surface area (Å²) in [6.07, 6.45) is 7.78. The van der Waals surface area contributed by atoms with Gasteiger partial charge in [-0.1, -0.05) is 0 Å². The Morgan fingerprint density at radius 3 is 3.21 bits per heavy atom. The molecule has 0 saturated heterocycles. The molecule has 14 heavy (non-hydrogen) atoms. The van der Waals surface area contributed by atoms with Crippen molar-refractivity contribution in [3.05, 3.63) is 30.2 Å². The first-order valence-corrected chi connectivity index (χ1v) is 4.93. The predicted octanol–water partition coefficient (Wildman–Crippen LogP) is 1.84. The van der Waals surface area contributed by atoms with Crippen LogP contribution in [0.1, 0.15) is 18.9 Å². The molecule has 0 fully saturated rings. The number of H-pyrrole nitrogens is 1. The average molecular weight is 189 g/mol. The Hall–Kier alpha value is -1.35. The van der Waals surface area contributed by atoms with Gasteiger partial charge >= 0.3 is 0 Å². The molecule has 0 aromatic carbocycles. The van der Waals surface area contributed by atoms with Gasteiger partial charge in [0.15, 0.2) is 0 Å². The highest BCUT2D eigenvalue weighted by atomic mass is 14.7. The number of hydrogen-bond acceptors (Lipinski definition) is 2. The molecule has 0 radical (unpaired) electrons. The Balaban J connectivity index is 2.25. The highest BCUT2D eigenvalue weighted by molar-refractivity contribution is 5.82. The van der Waals surface area contributed by atoms with Crippen molar-refractivity contribution < 1.29 is 0 Å². The molecule has 74 valence electrons. The number of aryl methyl sites for hydroxylation is 1. The van der Waals surface area contributed by atoms with E-state index >= 15 is 0 Å². The van der Waals surface area contributed by atoms with Crippen LogP contribution in [0.4, 0.5) is 0 Å². The third kappa shape index (κ3) is 1.77. The van der Waals surface area contributed by atoms with Crippen LogP contribution >= 0.6 is 0 Å². The van der Waals surface area contributed by atoms with Gasteiger partial charge in [-0.15, -0.1) is 0 Å². The lowest BCUT2D eigenvalue weighted by Gasteiger charge is -2.02. The van der Waals surface area contributed by atoms with Crippen LogP contribution in [0.25, 0.3) is 10.9 Å². The second-order valence-electron chi connectivity index (χ2n) is 3.75. The zero-order valence-electron chi connectivity index (χ0n) is 8.33. The molecule has 0 aliphatic heterocycles. The van der Waals surface area contributed by atoms with Crippen LogP contribution in [0.2, 0.25) is 0 Å². The van der Waals surface area contributed by atoms with E-state index in [1.54, 1.807) is 0 Å². The van der Waals surface area contributed by atoms with Gasteiger partial charge in [-0.3, -0.25) is 4.98 Å². The van der Waals surface area contributed by atoms with E-state index in [9.17, 15) is 0 Å². The van der Waals surface area contributed by atoms with E-state index in [1.165, 1.54) is 10.9 Å². The van der Waals surface area contributed by atoms with Crippen LogP contribution < -0.4 is 5.73 Å². The minimum Gasteiger partial charge on any atom is -0.360 e. The van der Waals surface area contributed by atoms with Gasteiger partial charge in [0, 0.05) is 23.8 Å². The van der Waals surface area contributed by atoms with E-state index < -0.39 is 0 Å². The summed E-state index contributed by atoms with van der Waals surface area (Å²) in [5, 5.41) is 1.26. The summed E-state index contributed by atoms with van der Waals surface area (Å²) >= 11 is 0. The third-order valence-corrected chi connectivity index (χ3v) is 2.44. The van der Waals surface area contributed by atoms with E-state index in [4.69, 9.17) is 5.73 Å². The number of nitrogens with zero attached hydrogens (tertiary/aromatic N) is 1. The second kappa shape index (κ2) is 3.80. The first kappa shape index (κ1) is 9.21. The fraction of sp³-hybridized carbons (Fsp3) is 0.364. The number of pyridine rings is 1. The fourth-order valence-electron chi connectivity index (χ4n) is 1.62. The molecule has 0 aliphatic rings. The van der Waals surface area contributed by atoms with Crippen molar-refractivity contribution in [3.63, 3.8) is 0 Å². The molecule has 0 spiro atoms. The maximum Gasteiger partial charge on any atom is 0.0643 e. The van der Waals surface area contributed by atoms with Gasteiger partial charge in [-0.25, -0.2) is 0 Å². The summed E-state index contributed by atoms with van der Waals surface area (Å²) in [6.45, 7) is 2.04. The Bertz CT molecular complexity index is 417. The minimum atomic E-state index is 0.266. The van der Waals surface area contributed by atoms with E-state index in [-0.39, 0.29) is 6.04 Å². The van der Waals surface area contributed by atoms with Crippen molar-refractivity contribution in [1.29, 1.82) is 0 Å². The first-order valence-electron chi connectivity index (χ1n) is 4.93. The maximum atomic E-state index is 5.73. The van der Waals surface area contributed by atoms with Crippen LogP contribution in [0.3, 0.4) is 0 Å². The molecule has 2 rings (SSSR count). The molecule has 0 aliphatic carbocycles. The topological polar surface area (TPSA) is 54.7 Å². The lowest BCUT2D eigenvalue weighted by molar-refractivity contribution is 0.668. The van der Waals surface area contributed by atoms with Crippen LogP contribution in [-0.4, -0.2) is 16.0 Å². The summed E-state index contributed by atoms with van der Waals surface area (Å²) in [7, 11) is 0. The number of fused-ring (bicyclic) bond motifs is 1. The quantitative estimate of drug-likeness (QED) is 0.774. The van der Waals surface area contributed by atoms with E-state index in [0.29, 0.717) is 0 Å². The van der Waals surface area contributed by atoms with Crippen LogP contribution in [0, 0.1) is 0 Å². The predicted molar refractivity (Wildman–Crippen MR) is 58.1 cm³/mol. The van der Waals surface area contributed by atoms with E-state index in [0.717, 1.165) is 18.4 Å². The van der Waals surface area contributed by atoms with Gasteiger partial charge < -0.3 is 10.7 Å². The molecule has 3 heteroatoms. The Kier molecular flexibility index (Phi) is 2.50. The van der Waals surface area contributed by atoms with Gasteiger partial charge in [-0.2, -0.15) is 0 Å². The Labute approximate surface area is 83.3 Å². The summed E-state index contributed by atoms with van der Waals surface area (Å²) in [5.41, 5.74) is 8.17. The summed E-state index contributed by atoms with van der Waals surface area (Å²) in [5.74, 6) is 0. The molecule has 0 bridgehead atoms.